The van der Waals surface area contributed by atoms with E-state index in [0.717, 1.165) is 66.9 Å². The van der Waals surface area contributed by atoms with Gasteiger partial charge in [0.05, 0.1) is 24.7 Å². The molecule has 1 saturated heterocycles. The maximum Gasteiger partial charge on any atom is 0.121 e. The number of nitrogens with zero attached hydrogens (tertiary/aromatic N) is 3. The molecular weight excluding hydrogens is 348 g/mol. The molecule has 0 bridgehead atoms. The van der Waals surface area contributed by atoms with Gasteiger partial charge in [0.25, 0.3) is 0 Å². The first-order valence-electron chi connectivity index (χ1n) is 8.91. The monoisotopic (exact) mass is 370 g/mol. The SMILES string of the molecule is COc1ccc2nc(CN3CCN(Cc4ccc(Cl)cc4)CC3)[nH]c2c1. The van der Waals surface area contributed by atoms with Gasteiger partial charge in [0.1, 0.15) is 11.6 Å². The van der Waals surface area contributed by atoms with Crippen LogP contribution in [0.3, 0.4) is 0 Å². The summed E-state index contributed by atoms with van der Waals surface area (Å²) in [5.74, 6) is 1.86. The van der Waals surface area contributed by atoms with E-state index in [2.05, 4.69) is 26.9 Å². The Labute approximate surface area is 158 Å². The number of hydrogen-bond acceptors (Lipinski definition) is 4. The fraction of sp³-hybridized carbons (Fsp3) is 0.350. The van der Waals surface area contributed by atoms with Crippen molar-refractivity contribution in [2.45, 2.75) is 13.1 Å². The van der Waals surface area contributed by atoms with E-state index in [1.165, 1.54) is 5.56 Å². The van der Waals surface area contributed by atoms with E-state index in [1.807, 2.05) is 30.3 Å². The number of piperazine rings is 1. The number of hydrogen-bond donors (Lipinski definition) is 1. The molecule has 0 aliphatic carbocycles. The Kier molecular flexibility index (Phi) is 5.11. The summed E-state index contributed by atoms with van der Waals surface area (Å²) in [6.07, 6.45) is 0. The largest absolute Gasteiger partial charge is 0.497 e. The first kappa shape index (κ1) is 17.3. The van der Waals surface area contributed by atoms with Gasteiger partial charge in [-0.05, 0) is 29.8 Å². The first-order chi connectivity index (χ1) is 12.7. The highest BCUT2D eigenvalue weighted by atomic mass is 35.5. The summed E-state index contributed by atoms with van der Waals surface area (Å²) in [6, 6.07) is 14.1. The Morgan fingerprint density at radius 1 is 1.00 bits per heavy atom. The van der Waals surface area contributed by atoms with Crippen LogP contribution in [0.2, 0.25) is 5.02 Å². The topological polar surface area (TPSA) is 44.4 Å². The number of halogens is 1. The maximum absolute atomic E-state index is 5.96. The lowest BCUT2D eigenvalue weighted by Gasteiger charge is -2.34. The Hall–Kier alpha value is -2.08. The van der Waals surface area contributed by atoms with E-state index in [-0.39, 0.29) is 0 Å². The lowest BCUT2D eigenvalue weighted by atomic mass is 10.2. The molecule has 1 aliphatic rings. The number of nitrogens with one attached hydrogen (secondary N) is 1. The smallest absolute Gasteiger partial charge is 0.121 e. The van der Waals surface area contributed by atoms with Gasteiger partial charge in [-0.3, -0.25) is 9.80 Å². The Morgan fingerprint density at radius 3 is 2.38 bits per heavy atom. The third-order valence-electron chi connectivity index (χ3n) is 4.90. The standard InChI is InChI=1S/C20H23ClN4O/c1-26-17-6-7-18-19(12-17)23-20(22-18)14-25-10-8-24(9-11-25)13-15-2-4-16(21)5-3-15/h2-7,12H,8-11,13-14H2,1H3,(H,22,23). The molecule has 1 aliphatic heterocycles. The second-order valence-electron chi connectivity index (χ2n) is 6.75. The maximum atomic E-state index is 5.96. The molecule has 1 N–H and O–H groups in total. The van der Waals surface area contributed by atoms with Crippen LogP contribution in [0.25, 0.3) is 11.0 Å². The lowest BCUT2D eigenvalue weighted by Crippen LogP contribution is -2.45. The van der Waals surface area contributed by atoms with E-state index in [0.29, 0.717) is 0 Å². The highest BCUT2D eigenvalue weighted by Gasteiger charge is 2.18. The third kappa shape index (κ3) is 4.01. The predicted molar refractivity (Wildman–Crippen MR) is 105 cm³/mol. The van der Waals surface area contributed by atoms with Gasteiger partial charge in [0.2, 0.25) is 0 Å². The van der Waals surface area contributed by atoms with Crippen LogP contribution in [0.4, 0.5) is 0 Å². The molecule has 0 radical (unpaired) electrons. The lowest BCUT2D eigenvalue weighted by molar-refractivity contribution is 0.120. The van der Waals surface area contributed by atoms with Gasteiger partial charge in [-0.2, -0.15) is 0 Å². The quantitative estimate of drug-likeness (QED) is 0.746. The minimum atomic E-state index is 0.794. The van der Waals surface area contributed by atoms with Crippen LogP contribution in [0.15, 0.2) is 42.5 Å². The van der Waals surface area contributed by atoms with Crippen molar-refractivity contribution in [3.8, 4) is 5.75 Å². The van der Waals surface area contributed by atoms with E-state index in [9.17, 15) is 0 Å². The number of benzene rings is 2. The van der Waals surface area contributed by atoms with Gasteiger partial charge in [-0.25, -0.2) is 4.98 Å². The zero-order chi connectivity index (χ0) is 17.9. The summed E-state index contributed by atoms with van der Waals surface area (Å²) < 4.78 is 5.28. The summed E-state index contributed by atoms with van der Waals surface area (Å²) in [5, 5.41) is 0.794. The van der Waals surface area contributed by atoms with Crippen LogP contribution < -0.4 is 4.74 Å². The Bertz CT molecular complexity index is 869. The minimum Gasteiger partial charge on any atom is -0.497 e. The molecule has 3 aromatic rings. The first-order valence-corrected chi connectivity index (χ1v) is 9.29. The molecule has 0 unspecified atom stereocenters. The fourth-order valence-corrected chi connectivity index (χ4v) is 3.53. The van der Waals surface area contributed by atoms with E-state index in [1.54, 1.807) is 7.11 Å². The number of fused-ring (bicyclic) bond motifs is 1. The number of methoxy groups -OCH3 is 1. The van der Waals surface area contributed by atoms with Gasteiger partial charge >= 0.3 is 0 Å². The normalized spacial score (nSPS) is 16.2. The highest BCUT2D eigenvalue weighted by Crippen LogP contribution is 2.20. The molecule has 136 valence electrons. The summed E-state index contributed by atoms with van der Waals surface area (Å²) in [5.41, 5.74) is 3.33. The number of rotatable bonds is 5. The summed E-state index contributed by atoms with van der Waals surface area (Å²) in [6.45, 7) is 6.07. The molecule has 5 nitrogen and oxygen atoms in total. The van der Waals surface area contributed by atoms with Crippen molar-refractivity contribution in [1.82, 2.24) is 19.8 Å². The van der Waals surface area contributed by atoms with Gasteiger partial charge < -0.3 is 9.72 Å². The molecule has 2 aromatic carbocycles. The van der Waals surface area contributed by atoms with Gasteiger partial charge in [0, 0.05) is 43.8 Å². The fourth-order valence-electron chi connectivity index (χ4n) is 3.41. The van der Waals surface area contributed by atoms with Crippen LogP contribution in [0.5, 0.6) is 5.75 Å². The van der Waals surface area contributed by atoms with Crippen molar-refractivity contribution in [2.75, 3.05) is 33.3 Å². The molecule has 1 aromatic heterocycles. The molecule has 0 spiro atoms. The Morgan fingerprint density at radius 2 is 1.69 bits per heavy atom. The molecule has 2 heterocycles. The second-order valence-corrected chi connectivity index (χ2v) is 7.18. The van der Waals surface area contributed by atoms with Crippen molar-refractivity contribution in [2.24, 2.45) is 0 Å². The Balaban J connectivity index is 1.32. The molecule has 6 heteroatoms. The zero-order valence-electron chi connectivity index (χ0n) is 14.9. The second kappa shape index (κ2) is 7.66. The molecule has 4 rings (SSSR count). The van der Waals surface area contributed by atoms with Crippen molar-refractivity contribution in [3.05, 3.63) is 58.9 Å². The van der Waals surface area contributed by atoms with Crippen LogP contribution in [0.1, 0.15) is 11.4 Å². The summed E-state index contributed by atoms with van der Waals surface area (Å²) >= 11 is 5.96. The molecule has 1 fully saturated rings. The number of aromatic amines is 1. The number of imidazole rings is 1. The number of aromatic nitrogens is 2. The zero-order valence-corrected chi connectivity index (χ0v) is 15.7. The average molecular weight is 371 g/mol. The number of H-pyrrole nitrogens is 1. The molecule has 0 saturated carbocycles. The van der Waals surface area contributed by atoms with E-state index in [4.69, 9.17) is 21.3 Å². The van der Waals surface area contributed by atoms with Crippen LogP contribution in [-0.2, 0) is 13.1 Å². The van der Waals surface area contributed by atoms with Crippen LogP contribution in [0, 0.1) is 0 Å². The van der Waals surface area contributed by atoms with Crippen molar-refractivity contribution in [3.63, 3.8) is 0 Å². The third-order valence-corrected chi connectivity index (χ3v) is 5.15. The minimum absolute atomic E-state index is 0.794. The van der Waals surface area contributed by atoms with Crippen molar-refractivity contribution >= 4 is 22.6 Å². The molecule has 26 heavy (non-hydrogen) atoms. The summed E-state index contributed by atoms with van der Waals surface area (Å²) in [7, 11) is 1.68. The molecular formula is C20H23ClN4O. The van der Waals surface area contributed by atoms with Crippen molar-refractivity contribution in [1.29, 1.82) is 0 Å². The predicted octanol–water partition coefficient (Wildman–Crippen LogP) is 3.54. The highest BCUT2D eigenvalue weighted by molar-refractivity contribution is 6.30. The number of ether oxygens (including phenoxy) is 1. The summed E-state index contributed by atoms with van der Waals surface area (Å²) in [4.78, 5) is 13.1. The molecule has 0 atom stereocenters. The van der Waals surface area contributed by atoms with E-state index < -0.39 is 0 Å². The van der Waals surface area contributed by atoms with E-state index >= 15 is 0 Å². The van der Waals surface area contributed by atoms with Gasteiger partial charge in [-0.15, -0.1) is 0 Å². The van der Waals surface area contributed by atoms with Gasteiger partial charge in [0.15, 0.2) is 0 Å². The van der Waals surface area contributed by atoms with Gasteiger partial charge in [-0.1, -0.05) is 23.7 Å². The molecule has 0 amide bonds. The van der Waals surface area contributed by atoms with Crippen molar-refractivity contribution < 1.29 is 4.74 Å². The van der Waals surface area contributed by atoms with Crippen LogP contribution in [-0.4, -0.2) is 53.1 Å². The van der Waals surface area contributed by atoms with Crippen LogP contribution >= 0.6 is 11.6 Å². The average Bonchev–Trinajstić information content (AvgIpc) is 3.06.